The van der Waals surface area contributed by atoms with Gasteiger partial charge in [0.1, 0.15) is 5.51 Å². The van der Waals surface area contributed by atoms with Crippen molar-refractivity contribution >= 4 is 39.8 Å². The zero-order chi connectivity index (χ0) is 12.5. The van der Waals surface area contributed by atoms with Crippen LogP contribution >= 0.6 is 22.7 Å². The van der Waals surface area contributed by atoms with Crippen molar-refractivity contribution in [1.82, 2.24) is 19.6 Å². The van der Waals surface area contributed by atoms with Gasteiger partial charge in [0, 0.05) is 17.1 Å². The van der Waals surface area contributed by atoms with Crippen LogP contribution in [0.5, 0.6) is 0 Å². The fourth-order valence-electron chi connectivity index (χ4n) is 1.48. The molecule has 18 heavy (non-hydrogen) atoms. The van der Waals surface area contributed by atoms with Crippen molar-refractivity contribution in [3.63, 3.8) is 0 Å². The van der Waals surface area contributed by atoms with E-state index in [1.165, 1.54) is 21.9 Å². The molecule has 7 heteroatoms. The number of hydrogen-bond donors (Lipinski definition) is 0. The van der Waals surface area contributed by atoms with Gasteiger partial charge in [0.15, 0.2) is 0 Å². The van der Waals surface area contributed by atoms with Gasteiger partial charge in [-0.2, -0.15) is 9.61 Å². The van der Waals surface area contributed by atoms with Crippen LogP contribution in [0.15, 0.2) is 22.6 Å². The van der Waals surface area contributed by atoms with E-state index in [1.54, 1.807) is 23.0 Å². The number of rotatable bonds is 2. The Labute approximate surface area is 110 Å². The maximum absolute atomic E-state index is 11.7. The molecule has 0 radical (unpaired) electrons. The fraction of sp³-hybridized carbons (Fsp3) is 0.0909. The van der Waals surface area contributed by atoms with E-state index in [0.29, 0.717) is 10.7 Å². The molecular formula is C11H8N4OS2. The summed E-state index contributed by atoms with van der Waals surface area (Å²) in [6, 6.07) is 1.47. The Kier molecular flexibility index (Phi) is 2.77. The van der Waals surface area contributed by atoms with Crippen LogP contribution in [0.25, 0.3) is 17.1 Å². The van der Waals surface area contributed by atoms with E-state index in [2.05, 4.69) is 15.1 Å². The summed E-state index contributed by atoms with van der Waals surface area (Å²) in [6.07, 6.45) is 5.52. The van der Waals surface area contributed by atoms with Crippen LogP contribution in [0.2, 0.25) is 0 Å². The van der Waals surface area contributed by atoms with Crippen molar-refractivity contribution in [2.75, 3.05) is 0 Å². The van der Waals surface area contributed by atoms with E-state index in [4.69, 9.17) is 0 Å². The third-order valence-electron chi connectivity index (χ3n) is 2.26. The summed E-state index contributed by atoms with van der Waals surface area (Å²) in [5, 5.41) is 4.92. The maximum Gasteiger partial charge on any atom is 0.275 e. The molecule has 3 rings (SSSR count). The highest BCUT2D eigenvalue weighted by Crippen LogP contribution is 2.14. The average Bonchev–Trinajstić information content (AvgIpc) is 2.95. The second-order valence-corrected chi connectivity index (χ2v) is 5.65. The fourth-order valence-corrected chi connectivity index (χ4v) is 2.80. The van der Waals surface area contributed by atoms with Crippen molar-refractivity contribution in [1.29, 1.82) is 0 Å². The molecule has 0 spiro atoms. The number of nitrogens with zero attached hydrogens (tertiary/aromatic N) is 4. The quantitative estimate of drug-likeness (QED) is 0.719. The normalized spacial score (nSPS) is 11.6. The molecule has 0 saturated heterocycles. The summed E-state index contributed by atoms with van der Waals surface area (Å²) < 4.78 is 1.29. The van der Waals surface area contributed by atoms with Gasteiger partial charge in [0.05, 0.1) is 10.7 Å². The number of fused-ring (bicyclic) bond motifs is 1. The number of thiazole rings is 1. The van der Waals surface area contributed by atoms with Crippen molar-refractivity contribution in [2.24, 2.45) is 0 Å². The first-order valence-corrected chi connectivity index (χ1v) is 6.86. The maximum atomic E-state index is 11.7. The SMILES string of the molecule is Cc1ncc(C=Cc2cc(=O)n3ncsc3n2)s1. The molecule has 90 valence electrons. The lowest BCUT2D eigenvalue weighted by Gasteiger charge is -1.92. The van der Waals surface area contributed by atoms with Crippen LogP contribution in [0.1, 0.15) is 15.6 Å². The van der Waals surface area contributed by atoms with Gasteiger partial charge in [-0.3, -0.25) is 4.79 Å². The van der Waals surface area contributed by atoms with E-state index in [9.17, 15) is 4.79 Å². The molecule has 5 nitrogen and oxygen atoms in total. The van der Waals surface area contributed by atoms with Crippen LogP contribution in [-0.2, 0) is 0 Å². The summed E-state index contributed by atoms with van der Waals surface area (Å²) in [5.74, 6) is 0. The minimum atomic E-state index is -0.165. The Morgan fingerprint density at radius 1 is 1.39 bits per heavy atom. The zero-order valence-corrected chi connectivity index (χ0v) is 11.0. The van der Waals surface area contributed by atoms with Crippen LogP contribution in [0.4, 0.5) is 0 Å². The van der Waals surface area contributed by atoms with Crippen LogP contribution in [0, 0.1) is 6.92 Å². The standard InChI is InChI=1S/C11H8N4OS2/c1-7-12-5-9(18-7)3-2-8-4-10(16)15-11(14-8)17-6-13-15/h2-6H,1H3. The molecule has 0 bridgehead atoms. The Morgan fingerprint density at radius 2 is 2.28 bits per heavy atom. The lowest BCUT2D eigenvalue weighted by Crippen LogP contribution is -2.13. The number of hydrogen-bond acceptors (Lipinski definition) is 6. The van der Waals surface area contributed by atoms with E-state index in [0.717, 1.165) is 9.88 Å². The molecule has 3 aromatic heterocycles. The summed E-state index contributed by atoms with van der Waals surface area (Å²) in [7, 11) is 0. The monoisotopic (exact) mass is 276 g/mol. The van der Waals surface area contributed by atoms with Gasteiger partial charge in [0.2, 0.25) is 4.96 Å². The molecule has 0 fully saturated rings. The molecule has 0 aliphatic carbocycles. The van der Waals surface area contributed by atoms with Gasteiger partial charge in [-0.05, 0) is 19.1 Å². The molecule has 0 atom stereocenters. The topological polar surface area (TPSA) is 60.2 Å². The first-order chi connectivity index (χ1) is 8.72. The molecule has 0 unspecified atom stereocenters. The van der Waals surface area contributed by atoms with E-state index in [-0.39, 0.29) is 5.56 Å². The molecule has 3 aromatic rings. The van der Waals surface area contributed by atoms with E-state index in [1.807, 2.05) is 19.1 Å². The first kappa shape index (κ1) is 11.2. The third-order valence-corrected chi connectivity index (χ3v) is 3.82. The van der Waals surface area contributed by atoms with Crippen LogP contribution in [-0.4, -0.2) is 19.6 Å². The highest BCUT2D eigenvalue weighted by Gasteiger charge is 2.02. The summed E-state index contributed by atoms with van der Waals surface area (Å²) in [6.45, 7) is 1.95. The molecule has 0 aromatic carbocycles. The molecule has 0 aliphatic heterocycles. The van der Waals surface area contributed by atoms with Gasteiger partial charge in [-0.1, -0.05) is 11.3 Å². The smallest absolute Gasteiger partial charge is 0.267 e. The summed E-state index contributed by atoms with van der Waals surface area (Å²) in [5.41, 5.74) is 2.07. The van der Waals surface area contributed by atoms with Gasteiger partial charge < -0.3 is 0 Å². The van der Waals surface area contributed by atoms with Gasteiger partial charge >= 0.3 is 0 Å². The summed E-state index contributed by atoms with van der Waals surface area (Å²) >= 11 is 2.94. The van der Waals surface area contributed by atoms with Gasteiger partial charge in [-0.25, -0.2) is 9.97 Å². The Hall–Kier alpha value is -1.86. The molecule has 0 amide bonds. The lowest BCUT2D eigenvalue weighted by molar-refractivity contribution is 0.897. The van der Waals surface area contributed by atoms with E-state index >= 15 is 0 Å². The van der Waals surface area contributed by atoms with Crippen molar-refractivity contribution in [3.05, 3.63) is 43.7 Å². The lowest BCUT2D eigenvalue weighted by atomic mass is 10.3. The zero-order valence-electron chi connectivity index (χ0n) is 9.40. The van der Waals surface area contributed by atoms with E-state index < -0.39 is 0 Å². The summed E-state index contributed by atoms with van der Waals surface area (Å²) in [4.78, 5) is 21.8. The second kappa shape index (κ2) is 4.43. The Morgan fingerprint density at radius 3 is 3.06 bits per heavy atom. The number of aromatic nitrogens is 4. The molecule has 0 saturated carbocycles. The Balaban J connectivity index is 1.99. The predicted octanol–water partition coefficient (Wildman–Crippen LogP) is 2.09. The largest absolute Gasteiger partial charge is 0.275 e. The average molecular weight is 276 g/mol. The predicted molar refractivity (Wildman–Crippen MR) is 72.9 cm³/mol. The van der Waals surface area contributed by atoms with Crippen molar-refractivity contribution < 1.29 is 0 Å². The van der Waals surface area contributed by atoms with Crippen LogP contribution in [0.3, 0.4) is 0 Å². The molecule has 0 aliphatic rings. The van der Waals surface area contributed by atoms with Crippen molar-refractivity contribution in [3.8, 4) is 0 Å². The minimum Gasteiger partial charge on any atom is -0.267 e. The first-order valence-electron chi connectivity index (χ1n) is 5.16. The number of aryl methyl sites for hydroxylation is 1. The van der Waals surface area contributed by atoms with Gasteiger partial charge in [-0.15, -0.1) is 11.3 Å². The second-order valence-electron chi connectivity index (χ2n) is 3.57. The van der Waals surface area contributed by atoms with Crippen LogP contribution < -0.4 is 5.56 Å². The minimum absolute atomic E-state index is 0.165. The Bertz CT molecular complexity index is 784. The third kappa shape index (κ3) is 2.09. The molecular weight excluding hydrogens is 268 g/mol. The molecule has 0 N–H and O–H groups in total. The highest BCUT2D eigenvalue weighted by atomic mass is 32.1. The molecule has 3 heterocycles. The van der Waals surface area contributed by atoms with Gasteiger partial charge in [0.25, 0.3) is 5.56 Å². The van der Waals surface area contributed by atoms with Crippen molar-refractivity contribution in [2.45, 2.75) is 6.92 Å². The highest BCUT2D eigenvalue weighted by molar-refractivity contribution is 7.14.